The van der Waals surface area contributed by atoms with E-state index in [9.17, 15) is 17.7 Å². The summed E-state index contributed by atoms with van der Waals surface area (Å²) in [4.78, 5) is 11.4. The van der Waals surface area contributed by atoms with E-state index in [2.05, 4.69) is 0 Å². The molecule has 2 nitrogen and oxygen atoms in total. The van der Waals surface area contributed by atoms with Crippen molar-refractivity contribution in [1.29, 1.82) is 0 Å². The fraction of sp³-hybridized carbons (Fsp3) is 0.700. The summed E-state index contributed by atoms with van der Waals surface area (Å²) >= 11 is 0. The van der Waals surface area contributed by atoms with Gasteiger partial charge in [0.25, 0.3) is 0 Å². The lowest BCUT2D eigenvalue weighted by Gasteiger charge is -2.32. The molecule has 0 aliphatic heterocycles. The van der Waals surface area contributed by atoms with E-state index in [0.717, 1.165) is 0 Å². The predicted octanol–water partition coefficient (Wildman–Crippen LogP) is 3.05. The zero-order valence-corrected chi connectivity index (χ0v) is 9.60. The van der Waals surface area contributed by atoms with Crippen LogP contribution in [-0.4, -0.2) is 18.5 Å². The molecule has 0 saturated heterocycles. The first-order valence-corrected chi connectivity index (χ1v) is 5.20. The summed E-state index contributed by atoms with van der Waals surface area (Å²) in [7, 11) is 0. The zero-order valence-electron chi connectivity index (χ0n) is 9.60. The molecule has 0 heterocycles. The van der Waals surface area contributed by atoms with Crippen molar-refractivity contribution < 1.29 is 22.5 Å². The van der Waals surface area contributed by atoms with Gasteiger partial charge in [0.1, 0.15) is 5.60 Å². The van der Waals surface area contributed by atoms with Crippen molar-refractivity contribution >= 4 is 12.9 Å². The molecule has 0 radical (unpaired) electrons. The number of carbonyl (C=O) groups is 1. The van der Waals surface area contributed by atoms with Crippen molar-refractivity contribution in [3.8, 4) is 0 Å². The van der Waals surface area contributed by atoms with Gasteiger partial charge in [0.2, 0.25) is 0 Å². The second kappa shape index (κ2) is 4.15. The lowest BCUT2D eigenvalue weighted by Crippen LogP contribution is -2.33. The van der Waals surface area contributed by atoms with Crippen LogP contribution in [0.1, 0.15) is 33.6 Å². The third-order valence-corrected chi connectivity index (χ3v) is 2.18. The number of allylic oxidation sites excluding steroid dienone is 1. The van der Waals surface area contributed by atoms with Crippen LogP contribution in [0.2, 0.25) is 0 Å². The van der Waals surface area contributed by atoms with Gasteiger partial charge in [-0.3, -0.25) is 4.79 Å². The lowest BCUT2D eigenvalue weighted by molar-refractivity contribution is -0.161. The van der Waals surface area contributed by atoms with E-state index >= 15 is 0 Å². The summed E-state index contributed by atoms with van der Waals surface area (Å²) in [5, 5.41) is 0. The Balaban J connectivity index is 2.42. The summed E-state index contributed by atoms with van der Waals surface area (Å²) in [6.45, 7) is 0.323. The average molecular weight is 235 g/mol. The monoisotopic (exact) mass is 235 g/mol. The summed E-state index contributed by atoms with van der Waals surface area (Å²) in [6.07, 6.45) is 0.354. The number of hydrogen-bond donors (Lipinski definition) is 0. The van der Waals surface area contributed by atoms with Gasteiger partial charge in [-0.25, -0.2) is 0 Å². The van der Waals surface area contributed by atoms with Gasteiger partial charge in [0.15, 0.2) is 0 Å². The van der Waals surface area contributed by atoms with Gasteiger partial charge in [-0.1, -0.05) is 0 Å². The fourth-order valence-corrected chi connectivity index (χ4v) is 1.53. The number of hydrogen-bond acceptors (Lipinski definition) is 2. The van der Waals surface area contributed by atoms with Gasteiger partial charge >= 0.3 is 12.9 Å². The SMILES string of the molecule is CC(C)(C)OC(=O)C1CC(=C[B-](F)(F)F)C1. The highest BCUT2D eigenvalue weighted by Crippen LogP contribution is 2.36. The molecule has 0 unspecified atom stereocenters. The van der Waals surface area contributed by atoms with Crippen molar-refractivity contribution in [2.75, 3.05) is 0 Å². The Labute approximate surface area is 92.9 Å². The topological polar surface area (TPSA) is 26.3 Å². The third kappa shape index (κ3) is 4.29. The molecule has 0 aromatic heterocycles. The normalized spacial score (nSPS) is 21.4. The van der Waals surface area contributed by atoms with Crippen LogP contribution in [0, 0.1) is 5.92 Å². The molecule has 1 fully saturated rings. The molecule has 1 saturated carbocycles. The number of carbonyl (C=O) groups excluding carboxylic acids is 1. The predicted molar refractivity (Wildman–Crippen MR) is 55.7 cm³/mol. The summed E-state index contributed by atoms with van der Waals surface area (Å²) in [5.74, 6) is -0.469. The molecule has 0 bridgehead atoms. The number of esters is 1. The molecular formula is C10H15BF3O2-. The van der Waals surface area contributed by atoms with Crippen LogP contribution < -0.4 is 0 Å². The van der Waals surface area contributed by atoms with E-state index in [1.54, 1.807) is 20.8 Å². The summed E-state index contributed by atoms with van der Waals surface area (Å²) < 4.78 is 41.1. The largest absolute Gasteiger partial charge is 0.502 e. The molecule has 0 atom stereocenters. The standard InChI is InChI=1S/C10H15BF3O2/c1-10(2,3)16-9(15)8-4-7(5-8)6-11(12,13)14/h6,8H,4-5H2,1-3H3/q-1. The highest BCUT2D eigenvalue weighted by molar-refractivity contribution is 6.64. The average Bonchev–Trinajstić information content (AvgIpc) is 1.89. The summed E-state index contributed by atoms with van der Waals surface area (Å²) in [5.41, 5.74) is -0.284. The first-order valence-electron chi connectivity index (χ1n) is 5.20. The van der Waals surface area contributed by atoms with E-state index in [1.807, 2.05) is 0 Å². The quantitative estimate of drug-likeness (QED) is 0.543. The Kier molecular flexibility index (Phi) is 3.40. The van der Waals surface area contributed by atoms with Crippen LogP contribution in [0.4, 0.5) is 12.9 Å². The highest BCUT2D eigenvalue weighted by Gasteiger charge is 2.34. The Morgan fingerprint density at radius 1 is 1.38 bits per heavy atom. The Morgan fingerprint density at radius 3 is 2.25 bits per heavy atom. The van der Waals surface area contributed by atoms with Crippen molar-refractivity contribution in [3.63, 3.8) is 0 Å². The van der Waals surface area contributed by atoms with E-state index in [-0.39, 0.29) is 12.8 Å². The molecule has 1 rings (SSSR count). The second-order valence-electron chi connectivity index (χ2n) is 5.09. The minimum absolute atomic E-state index is 0.177. The molecule has 16 heavy (non-hydrogen) atoms. The van der Waals surface area contributed by atoms with Crippen LogP contribution >= 0.6 is 0 Å². The smallest absolute Gasteiger partial charge is 0.460 e. The van der Waals surface area contributed by atoms with Crippen LogP contribution in [0.15, 0.2) is 11.5 Å². The molecular weight excluding hydrogens is 220 g/mol. The second-order valence-corrected chi connectivity index (χ2v) is 5.09. The Hall–Kier alpha value is -0.935. The number of halogens is 3. The molecule has 0 amide bonds. The van der Waals surface area contributed by atoms with Crippen molar-refractivity contribution in [2.24, 2.45) is 5.92 Å². The van der Waals surface area contributed by atoms with Crippen LogP contribution in [0.25, 0.3) is 0 Å². The number of rotatable bonds is 2. The Morgan fingerprint density at radius 2 is 1.88 bits per heavy atom. The van der Waals surface area contributed by atoms with Crippen molar-refractivity contribution in [3.05, 3.63) is 11.5 Å². The molecule has 0 aromatic rings. The van der Waals surface area contributed by atoms with Crippen LogP contribution in [-0.2, 0) is 9.53 Å². The van der Waals surface area contributed by atoms with Gasteiger partial charge in [-0.15, -0.1) is 11.5 Å². The van der Waals surface area contributed by atoms with Gasteiger partial charge in [0, 0.05) is 0 Å². The highest BCUT2D eigenvalue weighted by atomic mass is 19.4. The van der Waals surface area contributed by atoms with Crippen molar-refractivity contribution in [1.82, 2.24) is 0 Å². The molecule has 1 aliphatic rings. The first kappa shape index (κ1) is 13.1. The molecule has 0 spiro atoms. The van der Waals surface area contributed by atoms with Crippen molar-refractivity contribution in [2.45, 2.75) is 39.2 Å². The first-order chi connectivity index (χ1) is 7.07. The van der Waals surface area contributed by atoms with Gasteiger partial charge < -0.3 is 17.7 Å². The van der Waals surface area contributed by atoms with Gasteiger partial charge in [-0.2, -0.15) is 0 Å². The van der Waals surface area contributed by atoms with Crippen LogP contribution in [0.5, 0.6) is 0 Å². The molecule has 92 valence electrons. The minimum Gasteiger partial charge on any atom is -0.460 e. The minimum atomic E-state index is -4.88. The summed E-state index contributed by atoms with van der Waals surface area (Å²) in [6, 6.07) is 0. The maximum Gasteiger partial charge on any atom is 0.502 e. The Bertz CT molecular complexity index is 307. The van der Waals surface area contributed by atoms with E-state index in [1.165, 1.54) is 0 Å². The maximum atomic E-state index is 12.0. The molecule has 6 heteroatoms. The van der Waals surface area contributed by atoms with E-state index < -0.39 is 24.5 Å². The molecule has 0 aromatic carbocycles. The third-order valence-electron chi connectivity index (χ3n) is 2.18. The molecule has 0 N–H and O–H groups in total. The lowest BCUT2D eigenvalue weighted by atomic mass is 9.74. The number of ether oxygens (including phenoxy) is 1. The van der Waals surface area contributed by atoms with Crippen LogP contribution in [0.3, 0.4) is 0 Å². The van der Waals surface area contributed by atoms with Gasteiger partial charge in [-0.05, 0) is 33.6 Å². The molecule has 1 aliphatic carbocycles. The van der Waals surface area contributed by atoms with E-state index in [0.29, 0.717) is 11.5 Å². The fourth-order valence-electron chi connectivity index (χ4n) is 1.53. The maximum absolute atomic E-state index is 12.0. The zero-order chi connectivity index (χ0) is 12.6. The van der Waals surface area contributed by atoms with Gasteiger partial charge in [0.05, 0.1) is 5.92 Å². The van der Waals surface area contributed by atoms with E-state index in [4.69, 9.17) is 4.74 Å².